The Bertz CT molecular complexity index is 462. The molecule has 1 rings (SSSR count). The van der Waals surface area contributed by atoms with E-state index in [9.17, 15) is 13.5 Å². The second-order valence-electron chi connectivity index (χ2n) is 3.70. The van der Waals surface area contributed by atoms with E-state index in [1.165, 1.54) is 12.1 Å². The minimum absolute atomic E-state index is 0.139. The molecule has 0 amide bonds. The number of nitrogens with one attached hydrogen (secondary N) is 1. The van der Waals surface area contributed by atoms with E-state index in [0.717, 1.165) is 0 Å². The number of halogens is 1. The number of aliphatic hydroxyl groups excluding tert-OH is 1. The Morgan fingerprint density at radius 3 is 2.76 bits per heavy atom. The fourth-order valence-electron chi connectivity index (χ4n) is 1.38. The molecule has 0 aliphatic rings. The summed E-state index contributed by atoms with van der Waals surface area (Å²) < 4.78 is 23.8. The highest BCUT2D eigenvalue weighted by molar-refractivity contribution is 7.91. The van der Waals surface area contributed by atoms with E-state index >= 15 is 0 Å². The molecule has 0 spiro atoms. The maximum absolute atomic E-state index is 11.9. The van der Waals surface area contributed by atoms with Crippen LogP contribution in [-0.2, 0) is 9.84 Å². The molecule has 0 heterocycles. The molecule has 0 saturated heterocycles. The molecular formula is C11H16ClNO3S. The maximum Gasteiger partial charge on any atom is 0.181 e. The summed E-state index contributed by atoms with van der Waals surface area (Å²) in [6, 6.07) is 6.04. The van der Waals surface area contributed by atoms with E-state index in [1.54, 1.807) is 12.1 Å². The van der Waals surface area contributed by atoms with Crippen LogP contribution < -0.4 is 5.32 Å². The van der Waals surface area contributed by atoms with E-state index in [4.69, 9.17) is 11.6 Å². The normalized spacial score (nSPS) is 13.6. The molecule has 17 heavy (non-hydrogen) atoms. The number of hydrogen-bond donors (Lipinski definition) is 2. The van der Waals surface area contributed by atoms with Gasteiger partial charge < -0.3 is 10.4 Å². The smallest absolute Gasteiger partial charge is 0.181 e. The van der Waals surface area contributed by atoms with Crippen LogP contribution in [0.15, 0.2) is 29.2 Å². The van der Waals surface area contributed by atoms with Gasteiger partial charge in [-0.05, 0) is 24.7 Å². The number of benzene rings is 1. The van der Waals surface area contributed by atoms with Crippen LogP contribution >= 0.6 is 11.6 Å². The fraction of sp³-hybridized carbons (Fsp3) is 0.455. The van der Waals surface area contributed by atoms with Gasteiger partial charge in [-0.1, -0.05) is 24.6 Å². The van der Waals surface area contributed by atoms with Gasteiger partial charge in [-0.15, -0.1) is 0 Å². The quantitative estimate of drug-likeness (QED) is 0.817. The predicted molar refractivity (Wildman–Crippen MR) is 68.1 cm³/mol. The minimum atomic E-state index is -3.49. The monoisotopic (exact) mass is 277 g/mol. The summed E-state index contributed by atoms with van der Waals surface area (Å²) in [5, 5.41) is 12.8. The van der Waals surface area contributed by atoms with Gasteiger partial charge in [0.15, 0.2) is 9.84 Å². The molecular weight excluding hydrogens is 262 g/mol. The summed E-state index contributed by atoms with van der Waals surface area (Å²) in [5.74, 6) is -0.305. The van der Waals surface area contributed by atoms with Crippen molar-refractivity contribution in [1.82, 2.24) is 5.32 Å². The Morgan fingerprint density at radius 1 is 1.47 bits per heavy atom. The van der Waals surface area contributed by atoms with E-state index < -0.39 is 15.9 Å². The van der Waals surface area contributed by atoms with E-state index in [1.807, 2.05) is 6.92 Å². The Morgan fingerprint density at radius 2 is 2.18 bits per heavy atom. The first-order valence-corrected chi connectivity index (χ1v) is 7.36. The highest BCUT2D eigenvalue weighted by atomic mass is 35.5. The van der Waals surface area contributed by atoms with Crippen molar-refractivity contribution in [3.8, 4) is 0 Å². The summed E-state index contributed by atoms with van der Waals surface area (Å²) in [5.41, 5.74) is 0. The molecule has 0 aromatic heterocycles. The lowest BCUT2D eigenvalue weighted by molar-refractivity contribution is 0.194. The average Bonchev–Trinajstić information content (AvgIpc) is 2.26. The van der Waals surface area contributed by atoms with Crippen LogP contribution in [0.3, 0.4) is 0 Å². The minimum Gasteiger partial charge on any atom is -0.391 e. The molecule has 1 atom stereocenters. The van der Waals surface area contributed by atoms with E-state index in [2.05, 4.69) is 5.32 Å². The van der Waals surface area contributed by atoms with Gasteiger partial charge in [0.2, 0.25) is 0 Å². The first-order chi connectivity index (χ1) is 7.95. The fourth-order valence-corrected chi connectivity index (χ4v) is 3.04. The van der Waals surface area contributed by atoms with Crippen LogP contribution in [0.2, 0.25) is 5.02 Å². The summed E-state index contributed by atoms with van der Waals surface area (Å²) in [7, 11) is -3.49. The zero-order valence-corrected chi connectivity index (χ0v) is 11.1. The molecule has 2 N–H and O–H groups in total. The first kappa shape index (κ1) is 14.4. The molecule has 1 aromatic carbocycles. The van der Waals surface area contributed by atoms with Crippen molar-refractivity contribution in [3.05, 3.63) is 29.3 Å². The third-order valence-corrected chi connectivity index (χ3v) is 4.23. The van der Waals surface area contributed by atoms with Gasteiger partial charge in [-0.3, -0.25) is 0 Å². The molecule has 0 radical (unpaired) electrons. The number of sulfone groups is 1. The van der Waals surface area contributed by atoms with Gasteiger partial charge in [-0.2, -0.15) is 0 Å². The molecule has 0 aliphatic heterocycles. The lowest BCUT2D eigenvalue weighted by atomic mass is 10.4. The van der Waals surface area contributed by atoms with Crippen LogP contribution in [-0.4, -0.2) is 38.5 Å². The first-order valence-electron chi connectivity index (χ1n) is 5.33. The lowest BCUT2D eigenvalue weighted by Gasteiger charge is -2.11. The van der Waals surface area contributed by atoms with Crippen molar-refractivity contribution in [1.29, 1.82) is 0 Å². The molecule has 4 nitrogen and oxygen atoms in total. The zero-order chi connectivity index (χ0) is 12.9. The number of rotatable bonds is 6. The number of hydrogen-bond acceptors (Lipinski definition) is 4. The molecule has 1 aromatic rings. The van der Waals surface area contributed by atoms with Crippen molar-refractivity contribution in [2.45, 2.75) is 17.9 Å². The van der Waals surface area contributed by atoms with E-state index in [-0.39, 0.29) is 17.2 Å². The van der Waals surface area contributed by atoms with Crippen molar-refractivity contribution < 1.29 is 13.5 Å². The largest absolute Gasteiger partial charge is 0.391 e. The second-order valence-corrected chi connectivity index (χ2v) is 6.17. The lowest BCUT2D eigenvalue weighted by Crippen LogP contribution is -2.32. The van der Waals surface area contributed by atoms with Crippen LogP contribution in [0.1, 0.15) is 6.92 Å². The highest BCUT2D eigenvalue weighted by Crippen LogP contribution is 2.17. The van der Waals surface area contributed by atoms with Gasteiger partial charge in [0, 0.05) is 11.6 Å². The predicted octanol–water partition coefficient (Wildman–Crippen LogP) is 1.08. The topological polar surface area (TPSA) is 66.4 Å². The molecule has 0 saturated carbocycles. The summed E-state index contributed by atoms with van der Waals surface area (Å²) >= 11 is 5.73. The Labute approximate surface area is 107 Å². The van der Waals surface area contributed by atoms with Gasteiger partial charge in [0.1, 0.15) is 0 Å². The summed E-state index contributed by atoms with van der Waals surface area (Å²) in [6.45, 7) is 2.84. The Hall–Kier alpha value is -0.620. The van der Waals surface area contributed by atoms with Gasteiger partial charge in [0.05, 0.1) is 16.8 Å². The SMILES string of the molecule is CCNCC(O)CS(=O)(=O)c1cccc(Cl)c1. The van der Waals surface area contributed by atoms with Gasteiger partial charge in [-0.25, -0.2) is 8.42 Å². The van der Waals surface area contributed by atoms with Crippen LogP contribution in [0.4, 0.5) is 0 Å². The third-order valence-electron chi connectivity index (χ3n) is 2.20. The Kier molecular flexibility index (Phi) is 5.39. The highest BCUT2D eigenvalue weighted by Gasteiger charge is 2.19. The van der Waals surface area contributed by atoms with Crippen LogP contribution in [0, 0.1) is 0 Å². The van der Waals surface area contributed by atoms with Crippen molar-refractivity contribution in [2.75, 3.05) is 18.8 Å². The second kappa shape index (κ2) is 6.35. The standard InChI is InChI=1S/C11H16ClNO3S/c1-2-13-7-10(14)8-17(15,16)11-5-3-4-9(12)6-11/h3-6,10,13-14H,2,7-8H2,1H3. The van der Waals surface area contributed by atoms with Gasteiger partial charge in [0.25, 0.3) is 0 Å². The molecule has 6 heteroatoms. The third kappa shape index (κ3) is 4.63. The van der Waals surface area contributed by atoms with Crippen LogP contribution in [0.5, 0.6) is 0 Å². The van der Waals surface area contributed by atoms with Crippen molar-refractivity contribution in [3.63, 3.8) is 0 Å². The summed E-state index contributed by atoms with van der Waals surface area (Å²) in [6.07, 6.45) is -0.918. The average molecular weight is 278 g/mol. The summed E-state index contributed by atoms with van der Waals surface area (Å²) in [4.78, 5) is 0.139. The molecule has 96 valence electrons. The number of likely N-dealkylation sites (N-methyl/N-ethyl adjacent to an activating group) is 1. The Balaban J connectivity index is 2.75. The molecule has 0 bridgehead atoms. The van der Waals surface area contributed by atoms with Gasteiger partial charge >= 0.3 is 0 Å². The molecule has 0 fully saturated rings. The van der Waals surface area contributed by atoms with Crippen LogP contribution in [0.25, 0.3) is 0 Å². The zero-order valence-electron chi connectivity index (χ0n) is 9.56. The molecule has 1 unspecified atom stereocenters. The van der Waals surface area contributed by atoms with Crippen molar-refractivity contribution in [2.24, 2.45) is 0 Å². The maximum atomic E-state index is 11.9. The number of aliphatic hydroxyl groups is 1. The van der Waals surface area contributed by atoms with E-state index in [0.29, 0.717) is 11.6 Å². The molecule has 0 aliphatic carbocycles. The van der Waals surface area contributed by atoms with Crippen molar-refractivity contribution >= 4 is 21.4 Å².